The molecular formula is C16H20O4. The third-order valence-electron chi connectivity index (χ3n) is 4.57. The predicted molar refractivity (Wildman–Crippen MR) is 73.6 cm³/mol. The summed E-state index contributed by atoms with van der Waals surface area (Å²) in [5, 5.41) is 9.82. The number of carbonyl (C=O) groups is 1. The summed E-state index contributed by atoms with van der Waals surface area (Å²) in [7, 11) is 1.36. The molecule has 0 radical (unpaired) electrons. The van der Waals surface area contributed by atoms with E-state index < -0.39 is 0 Å². The van der Waals surface area contributed by atoms with Crippen molar-refractivity contribution < 1.29 is 19.4 Å². The molecule has 1 N–H and O–H groups in total. The van der Waals surface area contributed by atoms with Crippen LogP contribution in [0.4, 0.5) is 0 Å². The zero-order valence-corrected chi connectivity index (χ0v) is 11.7. The van der Waals surface area contributed by atoms with Crippen LogP contribution in [0.5, 0.6) is 5.75 Å². The summed E-state index contributed by atoms with van der Waals surface area (Å²) in [6.07, 6.45) is 3.59. The fraction of sp³-hybridized carbons (Fsp3) is 0.562. The van der Waals surface area contributed by atoms with Gasteiger partial charge in [-0.2, -0.15) is 0 Å². The second-order valence-corrected chi connectivity index (χ2v) is 5.81. The average molecular weight is 276 g/mol. The fourth-order valence-corrected chi connectivity index (χ4v) is 3.59. The molecule has 4 heteroatoms. The minimum absolute atomic E-state index is 0.0519. The van der Waals surface area contributed by atoms with Gasteiger partial charge in [0.15, 0.2) is 6.61 Å². The van der Waals surface area contributed by atoms with Crippen molar-refractivity contribution in [3.05, 3.63) is 29.3 Å². The summed E-state index contributed by atoms with van der Waals surface area (Å²) in [5.41, 5.74) is 2.49. The molecule has 1 aromatic rings. The lowest BCUT2D eigenvalue weighted by molar-refractivity contribution is -0.142. The third-order valence-corrected chi connectivity index (χ3v) is 4.57. The Morgan fingerprint density at radius 3 is 2.80 bits per heavy atom. The Kier molecular flexibility index (Phi) is 3.66. The Morgan fingerprint density at radius 2 is 2.05 bits per heavy atom. The molecule has 0 heterocycles. The molecule has 0 bridgehead atoms. The number of hydrogen-bond acceptors (Lipinski definition) is 4. The van der Waals surface area contributed by atoms with Gasteiger partial charge in [0.1, 0.15) is 5.75 Å². The van der Waals surface area contributed by atoms with E-state index in [-0.39, 0.29) is 18.7 Å². The van der Waals surface area contributed by atoms with Crippen LogP contribution in [0.1, 0.15) is 24.0 Å². The first kappa shape index (κ1) is 13.4. The van der Waals surface area contributed by atoms with Gasteiger partial charge < -0.3 is 14.6 Å². The highest BCUT2D eigenvalue weighted by Gasteiger charge is 2.37. The number of aliphatic hydroxyl groups is 1. The van der Waals surface area contributed by atoms with Crippen molar-refractivity contribution >= 4 is 5.97 Å². The second kappa shape index (κ2) is 5.44. The van der Waals surface area contributed by atoms with Crippen molar-refractivity contribution in [1.82, 2.24) is 0 Å². The summed E-state index contributed by atoms with van der Waals surface area (Å²) < 4.78 is 10.2. The van der Waals surface area contributed by atoms with Gasteiger partial charge in [0.25, 0.3) is 0 Å². The van der Waals surface area contributed by atoms with Gasteiger partial charge >= 0.3 is 5.97 Å². The summed E-state index contributed by atoms with van der Waals surface area (Å²) in [4.78, 5) is 11.2. The molecule has 0 spiro atoms. The number of methoxy groups -OCH3 is 1. The molecule has 20 heavy (non-hydrogen) atoms. The fourth-order valence-electron chi connectivity index (χ4n) is 3.59. The van der Waals surface area contributed by atoms with Gasteiger partial charge in [-0.05, 0) is 54.7 Å². The smallest absolute Gasteiger partial charge is 0.343 e. The van der Waals surface area contributed by atoms with E-state index in [0.717, 1.165) is 31.4 Å². The minimum atomic E-state index is -0.368. The van der Waals surface area contributed by atoms with Crippen LogP contribution in [0.3, 0.4) is 0 Å². The summed E-state index contributed by atoms with van der Waals surface area (Å²) in [6.45, 7) is -0.0519. The van der Waals surface area contributed by atoms with Crippen LogP contribution in [0, 0.1) is 11.8 Å². The lowest BCUT2D eigenvalue weighted by Crippen LogP contribution is -2.22. The van der Waals surface area contributed by atoms with E-state index in [1.165, 1.54) is 18.2 Å². The number of rotatable bonds is 3. The van der Waals surface area contributed by atoms with Crippen molar-refractivity contribution in [1.29, 1.82) is 0 Å². The van der Waals surface area contributed by atoms with Gasteiger partial charge in [-0.3, -0.25) is 0 Å². The Balaban J connectivity index is 1.78. The minimum Gasteiger partial charge on any atom is -0.482 e. The number of fused-ring (bicyclic) bond motifs is 2. The van der Waals surface area contributed by atoms with Crippen LogP contribution in [0.2, 0.25) is 0 Å². The average Bonchev–Trinajstić information content (AvgIpc) is 2.81. The first-order valence-electron chi connectivity index (χ1n) is 7.15. The number of aliphatic hydroxyl groups excluding tert-OH is 1. The standard InChI is InChI=1S/C16H20O4/c1-19-16(18)9-20-15-4-2-3-10-5-11-6-13(17)7-12(11)8-14(10)15/h2-4,11-13,17H,5-9H2,1H3/t11-,12?,13+/m1/s1. The zero-order chi connectivity index (χ0) is 14.1. The third kappa shape index (κ3) is 2.52. The molecule has 3 rings (SSSR count). The first-order valence-corrected chi connectivity index (χ1v) is 7.15. The monoisotopic (exact) mass is 276 g/mol. The Labute approximate surface area is 118 Å². The molecule has 0 aromatic heterocycles. The molecule has 0 aliphatic heterocycles. The van der Waals surface area contributed by atoms with E-state index in [4.69, 9.17) is 4.74 Å². The molecule has 3 atom stereocenters. The number of carbonyl (C=O) groups excluding carboxylic acids is 1. The lowest BCUT2D eigenvalue weighted by atomic mass is 9.77. The van der Waals surface area contributed by atoms with Gasteiger partial charge in [0.2, 0.25) is 0 Å². The van der Waals surface area contributed by atoms with E-state index >= 15 is 0 Å². The second-order valence-electron chi connectivity index (χ2n) is 5.81. The van der Waals surface area contributed by atoms with Crippen molar-refractivity contribution in [2.45, 2.75) is 31.8 Å². The highest BCUT2D eigenvalue weighted by Crippen LogP contribution is 2.43. The molecule has 2 aliphatic carbocycles. The van der Waals surface area contributed by atoms with Gasteiger partial charge in [-0.25, -0.2) is 4.79 Å². The predicted octanol–water partition coefficient (Wildman–Crippen LogP) is 1.72. The van der Waals surface area contributed by atoms with Crippen LogP contribution in [-0.2, 0) is 22.4 Å². The maximum absolute atomic E-state index is 11.2. The topological polar surface area (TPSA) is 55.8 Å². The molecule has 1 saturated carbocycles. The van der Waals surface area contributed by atoms with Crippen LogP contribution >= 0.6 is 0 Å². The summed E-state index contributed by atoms with van der Waals surface area (Å²) in [6, 6.07) is 6.01. The Bertz CT molecular complexity index is 511. The molecule has 1 unspecified atom stereocenters. The van der Waals surface area contributed by atoms with E-state index in [1.54, 1.807) is 0 Å². The molecule has 0 amide bonds. The first-order chi connectivity index (χ1) is 9.67. The van der Waals surface area contributed by atoms with Crippen molar-refractivity contribution in [3.63, 3.8) is 0 Å². The van der Waals surface area contributed by atoms with Gasteiger partial charge in [0.05, 0.1) is 13.2 Å². The van der Waals surface area contributed by atoms with Crippen LogP contribution in [0.25, 0.3) is 0 Å². The molecule has 108 valence electrons. The van der Waals surface area contributed by atoms with Crippen LogP contribution in [0.15, 0.2) is 18.2 Å². The highest BCUT2D eigenvalue weighted by molar-refractivity contribution is 5.71. The summed E-state index contributed by atoms with van der Waals surface area (Å²) >= 11 is 0. The summed E-state index contributed by atoms with van der Waals surface area (Å²) in [5.74, 6) is 1.55. The maximum atomic E-state index is 11.2. The van der Waals surface area contributed by atoms with E-state index in [9.17, 15) is 9.90 Å². The molecule has 0 saturated heterocycles. The van der Waals surface area contributed by atoms with E-state index in [0.29, 0.717) is 11.8 Å². The van der Waals surface area contributed by atoms with Crippen molar-refractivity contribution in [2.24, 2.45) is 11.8 Å². The number of ether oxygens (including phenoxy) is 2. The zero-order valence-electron chi connectivity index (χ0n) is 11.7. The molecule has 4 nitrogen and oxygen atoms in total. The van der Waals surface area contributed by atoms with Crippen LogP contribution < -0.4 is 4.74 Å². The molecule has 1 fully saturated rings. The van der Waals surface area contributed by atoms with Gasteiger partial charge in [-0.1, -0.05) is 12.1 Å². The largest absolute Gasteiger partial charge is 0.482 e. The molecule has 2 aliphatic rings. The SMILES string of the molecule is COC(=O)COc1cccc2c1CC1C[C@@H](O)C[C@H]1C2. The number of benzene rings is 1. The Hall–Kier alpha value is -1.55. The van der Waals surface area contributed by atoms with Crippen LogP contribution in [-0.4, -0.2) is 30.9 Å². The van der Waals surface area contributed by atoms with E-state index in [2.05, 4.69) is 10.8 Å². The maximum Gasteiger partial charge on any atom is 0.343 e. The van der Waals surface area contributed by atoms with E-state index in [1.807, 2.05) is 12.1 Å². The highest BCUT2D eigenvalue weighted by atomic mass is 16.6. The number of esters is 1. The van der Waals surface area contributed by atoms with Crippen molar-refractivity contribution in [2.75, 3.05) is 13.7 Å². The van der Waals surface area contributed by atoms with Gasteiger partial charge in [-0.15, -0.1) is 0 Å². The Morgan fingerprint density at radius 1 is 1.30 bits per heavy atom. The molecular weight excluding hydrogens is 256 g/mol. The lowest BCUT2D eigenvalue weighted by Gasteiger charge is -2.28. The molecule has 1 aromatic carbocycles. The quantitative estimate of drug-likeness (QED) is 0.854. The number of hydrogen-bond donors (Lipinski definition) is 1. The van der Waals surface area contributed by atoms with Crippen molar-refractivity contribution in [3.8, 4) is 5.75 Å². The van der Waals surface area contributed by atoms with Gasteiger partial charge in [0, 0.05) is 0 Å². The normalized spacial score (nSPS) is 27.6.